The van der Waals surface area contributed by atoms with Crippen molar-refractivity contribution in [2.45, 2.75) is 468 Å². The van der Waals surface area contributed by atoms with E-state index in [2.05, 4.69) is 90.0 Å². The molecule has 0 heterocycles. The molecule has 0 amide bonds. The van der Waals surface area contributed by atoms with Gasteiger partial charge in [0.15, 0.2) is 0 Å². The van der Waals surface area contributed by atoms with Crippen LogP contribution in [-0.2, 0) is 47.7 Å². The third-order valence-corrected chi connectivity index (χ3v) is 29.2. The molecule has 10 aliphatic rings. The second-order valence-corrected chi connectivity index (χ2v) is 38.2. The second kappa shape index (κ2) is 44.0. The lowest BCUT2D eigenvalue weighted by atomic mass is 9.63. The number of hydrogen-bond acceptors (Lipinski definition) is 10. The molecule has 10 rings (SSSR count). The van der Waals surface area contributed by atoms with E-state index in [-0.39, 0.29) is 159 Å². The van der Waals surface area contributed by atoms with Gasteiger partial charge >= 0.3 is 29.8 Å². The molecule has 0 saturated heterocycles. The zero-order chi connectivity index (χ0) is 71.3. The van der Waals surface area contributed by atoms with Gasteiger partial charge in [0.2, 0.25) is 0 Å². The third kappa shape index (κ3) is 24.4. The number of ether oxygens (including phenoxy) is 5. The van der Waals surface area contributed by atoms with Crippen molar-refractivity contribution in [2.24, 2.45) is 116 Å². The van der Waals surface area contributed by atoms with Crippen LogP contribution < -0.4 is 0 Å². The average molecular weight is 1490 g/mol. The SMILES string of the molecule is C.C.C.C.C.C.C.C.C.C.CCC(C)(C)C(=O)OC1(C(C)C)CC2CC1C1C3CCC(C3)C21.CCC(C)(C)C(=O)OC1(C(C)C)CC2CCC1C2.CCC(C)(C)C(=O)OC1(C(C)C)CCC2CCCCC2C1.CCC(C)(C)C(=O)OC1(C(C)C)CCCC1.CCC(C)(C)C(=O)OC1(C(C)C)CCCCC1. The van der Waals surface area contributed by atoms with Crippen molar-refractivity contribution in [3.05, 3.63) is 0 Å². The van der Waals surface area contributed by atoms with E-state index in [1.54, 1.807) is 0 Å². The van der Waals surface area contributed by atoms with Crippen molar-refractivity contribution in [3.8, 4) is 0 Å². The average Bonchev–Trinajstić information content (AvgIpc) is 1.53. The van der Waals surface area contributed by atoms with Crippen molar-refractivity contribution < 1.29 is 47.7 Å². The Balaban J connectivity index is -0.000000390. The van der Waals surface area contributed by atoms with Crippen molar-refractivity contribution in [2.75, 3.05) is 0 Å². The smallest absolute Gasteiger partial charge is 0.312 e. The minimum Gasteiger partial charge on any atom is -0.458 e. The van der Waals surface area contributed by atoms with Crippen molar-refractivity contribution in [1.82, 2.24) is 0 Å². The van der Waals surface area contributed by atoms with Gasteiger partial charge in [0.25, 0.3) is 0 Å². The molecule has 0 spiro atoms. The highest BCUT2D eigenvalue weighted by Crippen LogP contribution is 2.72. The molecule has 10 fully saturated rings. The van der Waals surface area contributed by atoms with E-state index in [1.807, 2.05) is 83.1 Å². The number of rotatable bonds is 20. The van der Waals surface area contributed by atoms with E-state index < -0.39 is 0 Å². The summed E-state index contributed by atoms with van der Waals surface area (Å²) in [6, 6.07) is 0. The standard InChI is InChI=1S/C21H34O2.C19H34O2.C16H28O2.C15H28O2.C14H26O2.10CH4/c1-6-20(4,5)19(22)23-21(12(2)3)11-15-10-16(21)18-14-8-7-13(9-14)17(15)18;1-6-18(4,5)17(20)21-19(14(2)3)12-11-15-9-7-8-10-16(15)13-19;1-6-15(4,5)14(17)18-16(11(2)3)10-12-7-8-13(16)9-12;1-6-14(4,5)13(16)17-15(12(2)3)10-8-7-9-11-15;1-6-13(4,5)12(15)16-14(11(2)3)9-7-8-10-14;;;;;;;;;;/h12-18H,6-11H2,1-5H3;14-16H,6-13H2,1-5H3;11-13H,6-10H2,1-5H3;12H,6-11H2,1-5H3;11H,6-10H2,1-5H3;10*1H4. The maximum atomic E-state index is 12.9. The van der Waals surface area contributed by atoms with E-state index in [9.17, 15) is 24.0 Å². The van der Waals surface area contributed by atoms with Gasteiger partial charge in [-0.3, -0.25) is 24.0 Å². The van der Waals surface area contributed by atoms with Crippen LogP contribution in [0.4, 0.5) is 0 Å². The summed E-state index contributed by atoms with van der Waals surface area (Å²) in [5, 5.41) is 0. The summed E-state index contributed by atoms with van der Waals surface area (Å²) in [6.45, 7) is 52.4. The summed E-state index contributed by atoms with van der Waals surface area (Å²) in [5.74, 6) is 10.5. The minimum atomic E-state index is -0.356. The van der Waals surface area contributed by atoms with Gasteiger partial charge in [-0.1, -0.05) is 210 Å². The molecule has 10 heteroatoms. The summed E-state index contributed by atoms with van der Waals surface area (Å²) in [6.07, 6.45) is 35.2. The summed E-state index contributed by atoms with van der Waals surface area (Å²) >= 11 is 0. The van der Waals surface area contributed by atoms with Gasteiger partial charge in [-0.2, -0.15) is 0 Å². The summed E-state index contributed by atoms with van der Waals surface area (Å²) in [7, 11) is 0. The van der Waals surface area contributed by atoms with Crippen LogP contribution in [0.2, 0.25) is 0 Å². The van der Waals surface area contributed by atoms with Crippen LogP contribution in [0.25, 0.3) is 0 Å². The van der Waals surface area contributed by atoms with Crippen LogP contribution in [0, 0.1) is 116 Å². The van der Waals surface area contributed by atoms with Gasteiger partial charge in [-0.15, -0.1) is 0 Å². The first-order chi connectivity index (χ1) is 44.1. The Morgan fingerprint density at radius 1 is 0.305 bits per heavy atom. The summed E-state index contributed by atoms with van der Waals surface area (Å²) in [5.41, 5.74) is -2.64. The van der Waals surface area contributed by atoms with E-state index in [0.29, 0.717) is 41.4 Å². The van der Waals surface area contributed by atoms with E-state index >= 15 is 0 Å². The zero-order valence-electron chi connectivity index (χ0n) is 66.5. The van der Waals surface area contributed by atoms with Gasteiger partial charge in [0.1, 0.15) is 28.0 Å². The van der Waals surface area contributed by atoms with Gasteiger partial charge in [0.05, 0.1) is 27.1 Å². The molecule has 13 atom stereocenters. The van der Waals surface area contributed by atoms with Gasteiger partial charge in [-0.25, -0.2) is 0 Å². The Kier molecular flexibility index (Phi) is 46.5. The number of carbonyl (C=O) groups is 5. The maximum Gasteiger partial charge on any atom is 0.312 e. The molecular formula is C95H190O10. The molecule has 0 N–H and O–H groups in total. The highest BCUT2D eigenvalue weighted by atomic mass is 16.6. The predicted octanol–water partition coefficient (Wildman–Crippen LogP) is 29.2. The Hall–Kier alpha value is -2.65. The van der Waals surface area contributed by atoms with Crippen LogP contribution in [0.1, 0.15) is 440 Å². The first-order valence-electron chi connectivity index (χ1n) is 40.3. The number of esters is 5. The Bertz CT molecular complexity index is 2500. The van der Waals surface area contributed by atoms with Crippen LogP contribution in [0.15, 0.2) is 0 Å². The molecule has 0 aliphatic heterocycles. The highest BCUT2D eigenvalue weighted by Gasteiger charge is 2.69. The van der Waals surface area contributed by atoms with E-state index in [1.165, 1.54) is 109 Å². The van der Waals surface area contributed by atoms with E-state index in [0.717, 1.165) is 131 Å². The lowest BCUT2D eigenvalue weighted by molar-refractivity contribution is -0.191. The van der Waals surface area contributed by atoms with Crippen molar-refractivity contribution in [1.29, 1.82) is 0 Å². The lowest BCUT2D eigenvalue weighted by Crippen LogP contribution is -2.52. The van der Waals surface area contributed by atoms with Crippen LogP contribution in [0.3, 0.4) is 0 Å². The highest BCUT2D eigenvalue weighted by molar-refractivity contribution is 5.78. The molecule has 0 aromatic rings. The number of hydrogen-bond donors (Lipinski definition) is 0. The molecule has 630 valence electrons. The van der Waals surface area contributed by atoms with Crippen LogP contribution >= 0.6 is 0 Å². The molecule has 13 unspecified atom stereocenters. The normalized spacial score (nSPS) is 29.5. The van der Waals surface area contributed by atoms with E-state index in [4.69, 9.17) is 23.7 Å². The lowest BCUT2D eigenvalue weighted by Gasteiger charge is -2.49. The third-order valence-electron chi connectivity index (χ3n) is 29.2. The molecule has 10 nitrogen and oxygen atoms in total. The Morgan fingerprint density at radius 2 is 0.648 bits per heavy atom. The van der Waals surface area contributed by atoms with Gasteiger partial charge < -0.3 is 23.7 Å². The first kappa shape index (κ1) is 111. The monoisotopic (exact) mass is 1490 g/mol. The second-order valence-electron chi connectivity index (χ2n) is 38.2. The molecule has 0 radical (unpaired) electrons. The fraction of sp³-hybridized carbons (Fsp3) is 0.947. The molecule has 10 aliphatic carbocycles. The minimum absolute atomic E-state index is 0. The molecule has 0 aromatic carbocycles. The molecular weight excluding hydrogens is 1300 g/mol. The largest absolute Gasteiger partial charge is 0.458 e. The zero-order valence-corrected chi connectivity index (χ0v) is 66.5. The maximum absolute atomic E-state index is 12.9. The molecule has 105 heavy (non-hydrogen) atoms. The van der Waals surface area contributed by atoms with Crippen LogP contribution in [-0.4, -0.2) is 57.9 Å². The van der Waals surface area contributed by atoms with Crippen molar-refractivity contribution in [3.63, 3.8) is 0 Å². The fourth-order valence-corrected chi connectivity index (χ4v) is 19.5. The topological polar surface area (TPSA) is 132 Å². The first-order valence-corrected chi connectivity index (χ1v) is 40.3. The fourth-order valence-electron chi connectivity index (χ4n) is 19.5. The quantitative estimate of drug-likeness (QED) is 0.0659. The summed E-state index contributed by atoms with van der Waals surface area (Å²) in [4.78, 5) is 62.3. The number of fused-ring (bicyclic) bond motifs is 12. The van der Waals surface area contributed by atoms with Gasteiger partial charge in [0, 0.05) is 5.92 Å². The van der Waals surface area contributed by atoms with Gasteiger partial charge in [-0.05, 0) is 313 Å². The Morgan fingerprint density at radius 3 is 0.990 bits per heavy atom. The Labute approximate surface area is 657 Å². The van der Waals surface area contributed by atoms with Crippen LogP contribution in [0.5, 0.6) is 0 Å². The molecule has 0 aromatic heterocycles. The number of carbonyl (C=O) groups excluding carboxylic acids is 5. The molecule has 10 saturated carbocycles. The predicted molar refractivity (Wildman–Crippen MR) is 456 cm³/mol. The summed E-state index contributed by atoms with van der Waals surface area (Å²) < 4.78 is 30.6. The molecule has 6 bridgehead atoms. The van der Waals surface area contributed by atoms with Crippen molar-refractivity contribution >= 4 is 29.8 Å².